The molecule has 0 saturated carbocycles. The van der Waals surface area contributed by atoms with Gasteiger partial charge in [-0.1, -0.05) is 76.8 Å². The van der Waals surface area contributed by atoms with Gasteiger partial charge < -0.3 is 101 Å². The number of amides is 11. The van der Waals surface area contributed by atoms with Gasteiger partial charge in [-0.2, -0.15) is 0 Å². The number of primary amides is 3. The monoisotopic (exact) mass is 1100 g/mol. The predicted octanol–water partition coefficient (Wildman–Crippen LogP) is -7.69. The first kappa shape index (κ1) is 66.0. The number of rotatable bonds is 24. The lowest BCUT2D eigenvalue weighted by molar-refractivity contribution is -0.140. The summed E-state index contributed by atoms with van der Waals surface area (Å²) in [5, 5.41) is 102. The number of phenolic OH excluding ortho intramolecular Hbond substituents is 1. The highest BCUT2D eigenvalue weighted by atomic mass is 16.4. The van der Waals surface area contributed by atoms with E-state index in [0.717, 1.165) is 69.2 Å². The van der Waals surface area contributed by atoms with Crippen molar-refractivity contribution in [3.63, 3.8) is 0 Å². The van der Waals surface area contributed by atoms with E-state index in [1.165, 1.54) is 0 Å². The van der Waals surface area contributed by atoms with Gasteiger partial charge in [0.1, 0.15) is 54.2 Å². The highest BCUT2D eigenvalue weighted by molar-refractivity contribution is 6.00. The molecular formula is C47H75N11O19. The van der Waals surface area contributed by atoms with Crippen molar-refractivity contribution >= 4 is 65.0 Å². The lowest BCUT2D eigenvalue weighted by atomic mass is 9.95. The summed E-state index contributed by atoms with van der Waals surface area (Å²) < 4.78 is 0. The third-order valence-electron chi connectivity index (χ3n) is 12.2. The molecule has 0 bridgehead atoms. The second kappa shape index (κ2) is 33.8. The van der Waals surface area contributed by atoms with Crippen LogP contribution in [0.1, 0.15) is 108 Å². The molecule has 0 aliphatic carbocycles. The molecule has 0 radical (unpaired) electrons. The fourth-order valence-electron chi connectivity index (χ4n) is 7.87. The molecule has 1 heterocycles. The number of hydrogen-bond donors (Lipinski definition) is 19. The Kier molecular flexibility index (Phi) is 29.0. The van der Waals surface area contributed by atoms with Gasteiger partial charge in [0.05, 0.1) is 44.8 Å². The van der Waals surface area contributed by atoms with Crippen LogP contribution in [0.2, 0.25) is 0 Å². The van der Waals surface area contributed by atoms with E-state index in [2.05, 4.69) is 28.2 Å². The minimum Gasteiger partial charge on any atom is -0.508 e. The van der Waals surface area contributed by atoms with Crippen LogP contribution >= 0.6 is 0 Å². The van der Waals surface area contributed by atoms with Gasteiger partial charge in [-0.25, -0.2) is 0 Å². The normalized spacial score (nSPS) is 24.0. The van der Waals surface area contributed by atoms with Crippen molar-refractivity contribution in [2.24, 2.45) is 17.2 Å². The number of nitrogens with two attached hydrogens (primary N) is 3. The fourth-order valence-corrected chi connectivity index (χ4v) is 7.87. The third-order valence-corrected chi connectivity index (χ3v) is 12.2. The molecule has 1 aliphatic rings. The summed E-state index contributed by atoms with van der Waals surface area (Å²) in [5.41, 5.74) is 15.7. The van der Waals surface area contributed by atoms with Crippen LogP contribution in [0.15, 0.2) is 24.3 Å². The van der Waals surface area contributed by atoms with E-state index in [4.69, 9.17) is 17.2 Å². The van der Waals surface area contributed by atoms with Crippen molar-refractivity contribution in [3.05, 3.63) is 29.8 Å². The molecule has 0 unspecified atom stereocenters. The Morgan fingerprint density at radius 1 is 0.558 bits per heavy atom. The van der Waals surface area contributed by atoms with Crippen molar-refractivity contribution in [2.45, 2.75) is 170 Å². The predicted molar refractivity (Wildman–Crippen MR) is 266 cm³/mol. The first-order valence-electron chi connectivity index (χ1n) is 25.0. The van der Waals surface area contributed by atoms with E-state index in [0.29, 0.717) is 12.8 Å². The summed E-state index contributed by atoms with van der Waals surface area (Å²) >= 11 is 0. The van der Waals surface area contributed by atoms with E-state index in [1.54, 1.807) is 0 Å². The fraction of sp³-hybridized carbons (Fsp3) is 0.638. The summed E-state index contributed by atoms with van der Waals surface area (Å²) in [6.07, 6.45) is -5.59. The van der Waals surface area contributed by atoms with E-state index in [1.807, 2.05) is 21.3 Å². The molecule has 1 fully saturated rings. The molecule has 77 heavy (non-hydrogen) atoms. The minimum atomic E-state index is -2.62. The Labute approximate surface area is 442 Å². The van der Waals surface area contributed by atoms with Gasteiger partial charge in [0, 0.05) is 12.5 Å². The summed E-state index contributed by atoms with van der Waals surface area (Å²) in [6.45, 7) is -1.53. The molecule has 30 heteroatoms. The Bertz CT molecular complexity index is 2170. The second-order valence-corrected chi connectivity index (χ2v) is 18.5. The van der Waals surface area contributed by atoms with Crippen LogP contribution in [0.4, 0.5) is 0 Å². The zero-order chi connectivity index (χ0) is 57.9. The summed E-state index contributed by atoms with van der Waals surface area (Å²) in [4.78, 5) is 145. The molecule has 30 nitrogen and oxygen atoms in total. The molecule has 0 aromatic heterocycles. The molecule has 0 spiro atoms. The standard InChI is InChI=1S/C47H75N11O19/c1-2-3-4-5-6-7-8-9-10-11-30(62)39(69)31(63)16-24-17-34(66)54-28(21-59)44(74)57-36(38(68)23-12-14-25(61)15-13-23)47(77)55-26(18-32(48)64)42(72)51-20-35(67)53-27(19-33(49)65)43(73)56-29(22-60)45(75)58-37(46(76)52-24)40(70)41(50)71/h12-15,24,26-31,36-40,59-63,68-70H,2-11,16-22H2,1H3,(H2,48,64)(H2,49,65)(H2,50,71)(H,51,72)(H,52,76)(H,53,67)(H,54,66)(H,55,77)(H,56,73)(H,57,74)(H,58,75)/t24-,26-,27+,28-,29+,30-,31-,36+,37+,38+,39+,40+/m1/s1. The number of phenols is 1. The molecule has 1 aromatic rings. The third kappa shape index (κ3) is 23.4. The van der Waals surface area contributed by atoms with Gasteiger partial charge in [0.15, 0.2) is 6.10 Å². The zero-order valence-corrected chi connectivity index (χ0v) is 42.6. The van der Waals surface area contributed by atoms with Gasteiger partial charge in [-0.15, -0.1) is 0 Å². The highest BCUT2D eigenvalue weighted by Crippen LogP contribution is 2.21. The molecule has 432 valence electrons. The first-order chi connectivity index (χ1) is 36.3. The lowest BCUT2D eigenvalue weighted by Crippen LogP contribution is -2.63. The molecule has 12 atom stereocenters. The Hall–Kier alpha value is -7.09. The van der Waals surface area contributed by atoms with Crippen LogP contribution in [0.3, 0.4) is 0 Å². The quantitative estimate of drug-likeness (QED) is 0.0428. The number of nitrogens with one attached hydrogen (secondary N) is 8. The lowest BCUT2D eigenvalue weighted by Gasteiger charge is -2.30. The molecule has 1 saturated heterocycles. The average molecular weight is 1100 g/mol. The number of aliphatic hydroxyl groups is 7. The zero-order valence-electron chi connectivity index (χ0n) is 42.6. The smallest absolute Gasteiger partial charge is 0.248 e. The van der Waals surface area contributed by atoms with E-state index in [-0.39, 0.29) is 17.7 Å². The molecule has 1 aromatic carbocycles. The van der Waals surface area contributed by atoms with Gasteiger partial charge >= 0.3 is 0 Å². The van der Waals surface area contributed by atoms with Crippen molar-refractivity contribution in [3.8, 4) is 5.75 Å². The van der Waals surface area contributed by atoms with Crippen LogP contribution in [-0.4, -0.2) is 192 Å². The van der Waals surface area contributed by atoms with Crippen LogP contribution in [-0.2, 0) is 52.7 Å². The summed E-state index contributed by atoms with van der Waals surface area (Å²) in [6, 6.07) is -10.1. The van der Waals surface area contributed by atoms with Crippen LogP contribution in [0, 0.1) is 0 Å². The molecule has 2 rings (SSSR count). The summed E-state index contributed by atoms with van der Waals surface area (Å²) in [5.74, 6) is -15.5. The number of hydrogen-bond acceptors (Lipinski definition) is 19. The minimum absolute atomic E-state index is 0.00936. The van der Waals surface area contributed by atoms with Gasteiger partial charge in [0.25, 0.3) is 0 Å². The molecule has 22 N–H and O–H groups in total. The van der Waals surface area contributed by atoms with Gasteiger partial charge in [0.2, 0.25) is 65.0 Å². The number of benzene rings is 1. The van der Waals surface area contributed by atoms with Crippen LogP contribution < -0.4 is 59.7 Å². The second-order valence-electron chi connectivity index (χ2n) is 18.5. The van der Waals surface area contributed by atoms with E-state index < -0.39 is 183 Å². The largest absolute Gasteiger partial charge is 0.508 e. The van der Waals surface area contributed by atoms with Crippen molar-refractivity contribution in [1.29, 1.82) is 0 Å². The number of carbonyl (C=O) groups excluding carboxylic acids is 11. The van der Waals surface area contributed by atoms with Gasteiger partial charge in [-0.3, -0.25) is 52.7 Å². The number of aromatic hydroxyl groups is 1. The average Bonchev–Trinajstić information content (AvgIpc) is 3.37. The Morgan fingerprint density at radius 2 is 1.03 bits per heavy atom. The Balaban J connectivity index is 2.68. The molecule has 11 amide bonds. The highest BCUT2D eigenvalue weighted by Gasteiger charge is 2.39. The Morgan fingerprint density at radius 3 is 1.56 bits per heavy atom. The van der Waals surface area contributed by atoms with Crippen molar-refractivity contribution in [1.82, 2.24) is 42.5 Å². The SMILES string of the molecule is CCCCCCCCCCC[C@@H](O)[C@H](O)[C@H](O)C[C@@H]1CC(=O)N[C@H](CO)C(=O)N[C@@H]([C@@H](O)c2ccc(O)cc2)C(=O)N[C@H](CC(N)=O)C(=O)NCC(=O)N[C@@H](CC(N)=O)C(=O)N[C@@H](CO)C(=O)N[C@@H]([C@H](O)C(N)=O)C(=O)N1. The molecule has 1 aliphatic heterocycles. The maximum Gasteiger partial charge on any atom is 0.248 e. The van der Waals surface area contributed by atoms with Crippen LogP contribution in [0.5, 0.6) is 5.75 Å². The number of carbonyl (C=O) groups is 11. The van der Waals surface area contributed by atoms with E-state index >= 15 is 0 Å². The first-order valence-corrected chi connectivity index (χ1v) is 25.0. The summed E-state index contributed by atoms with van der Waals surface area (Å²) in [7, 11) is 0. The number of aliphatic hydroxyl groups excluding tert-OH is 7. The van der Waals surface area contributed by atoms with Gasteiger partial charge in [-0.05, 0) is 30.5 Å². The van der Waals surface area contributed by atoms with Crippen molar-refractivity contribution in [2.75, 3.05) is 19.8 Å². The van der Waals surface area contributed by atoms with Crippen LogP contribution in [0.25, 0.3) is 0 Å². The van der Waals surface area contributed by atoms with E-state index in [9.17, 15) is 93.6 Å². The maximum atomic E-state index is 14.0. The maximum absolute atomic E-state index is 14.0. The topological polar surface area (TPSA) is 524 Å². The van der Waals surface area contributed by atoms with Crippen molar-refractivity contribution < 1.29 is 93.6 Å². The molecular weight excluding hydrogens is 1020 g/mol. The number of unbranched alkanes of at least 4 members (excludes halogenated alkanes) is 8.